The second-order valence-electron chi connectivity index (χ2n) is 3.59. The Morgan fingerprint density at radius 3 is 2.79 bits per heavy atom. The van der Waals surface area contributed by atoms with E-state index < -0.39 is 10.7 Å². The average Bonchev–Trinajstić information content (AvgIpc) is 2.35. The van der Waals surface area contributed by atoms with Gasteiger partial charge in [0.1, 0.15) is 5.82 Å². The number of pyridine rings is 1. The fourth-order valence-corrected chi connectivity index (χ4v) is 1.61. The Labute approximate surface area is 112 Å². The van der Waals surface area contributed by atoms with Crippen LogP contribution in [-0.4, -0.2) is 9.91 Å². The van der Waals surface area contributed by atoms with Crippen LogP contribution in [0.2, 0.25) is 5.02 Å². The van der Waals surface area contributed by atoms with Gasteiger partial charge in [0.25, 0.3) is 0 Å². The summed E-state index contributed by atoms with van der Waals surface area (Å²) in [6.45, 7) is 0. The molecule has 1 heterocycles. The maximum Gasteiger partial charge on any atom is 0.311 e. The summed E-state index contributed by atoms with van der Waals surface area (Å²) in [6, 6.07) is 6.73. The first-order chi connectivity index (χ1) is 8.99. The van der Waals surface area contributed by atoms with Crippen molar-refractivity contribution in [1.82, 2.24) is 4.98 Å². The van der Waals surface area contributed by atoms with Crippen LogP contribution in [0, 0.1) is 15.9 Å². The summed E-state index contributed by atoms with van der Waals surface area (Å²) < 4.78 is 13.7. The van der Waals surface area contributed by atoms with Gasteiger partial charge in [-0.15, -0.1) is 0 Å². The molecule has 8 heteroatoms. The highest BCUT2D eigenvalue weighted by molar-refractivity contribution is 6.31. The van der Waals surface area contributed by atoms with E-state index in [9.17, 15) is 14.5 Å². The summed E-state index contributed by atoms with van der Waals surface area (Å²) in [4.78, 5) is 14.0. The molecule has 2 rings (SSSR count). The zero-order chi connectivity index (χ0) is 14.0. The molecule has 6 nitrogen and oxygen atoms in total. The molecule has 98 valence electrons. The average molecular weight is 283 g/mol. The van der Waals surface area contributed by atoms with E-state index in [4.69, 9.17) is 17.3 Å². The summed E-state index contributed by atoms with van der Waals surface area (Å²) in [6.07, 6.45) is 0. The number of anilines is 3. The highest BCUT2D eigenvalue weighted by atomic mass is 35.5. The van der Waals surface area contributed by atoms with Gasteiger partial charge in [-0.1, -0.05) is 17.7 Å². The smallest absolute Gasteiger partial charge is 0.311 e. The minimum Gasteiger partial charge on any atom is -0.384 e. The Hall–Kier alpha value is -2.41. The van der Waals surface area contributed by atoms with Gasteiger partial charge >= 0.3 is 5.69 Å². The molecule has 2 aromatic rings. The quantitative estimate of drug-likeness (QED) is 0.666. The molecule has 19 heavy (non-hydrogen) atoms. The van der Waals surface area contributed by atoms with Gasteiger partial charge in [-0.25, -0.2) is 9.37 Å². The van der Waals surface area contributed by atoms with Crippen molar-refractivity contribution in [3.63, 3.8) is 0 Å². The maximum atomic E-state index is 13.7. The standard InChI is InChI=1S/C11H8ClFN4O2/c12-6-2-1-3-7(10(6)13)15-11-8(17(18)19)4-5-9(14)16-11/h1-5H,(H3,14,15,16). The Morgan fingerprint density at radius 1 is 1.37 bits per heavy atom. The lowest BCUT2D eigenvalue weighted by Gasteiger charge is -2.08. The van der Waals surface area contributed by atoms with E-state index in [2.05, 4.69) is 10.3 Å². The molecule has 0 aliphatic heterocycles. The molecule has 0 fully saturated rings. The van der Waals surface area contributed by atoms with Gasteiger partial charge < -0.3 is 11.1 Å². The van der Waals surface area contributed by atoms with Crippen LogP contribution in [0.5, 0.6) is 0 Å². The number of hydrogen-bond donors (Lipinski definition) is 2. The number of nitrogens with zero attached hydrogens (tertiary/aromatic N) is 2. The fraction of sp³-hybridized carbons (Fsp3) is 0. The summed E-state index contributed by atoms with van der Waals surface area (Å²) in [7, 11) is 0. The minimum absolute atomic E-state index is 0.0197. The minimum atomic E-state index is -0.720. The first-order valence-electron chi connectivity index (χ1n) is 5.11. The molecule has 0 saturated heterocycles. The van der Waals surface area contributed by atoms with E-state index in [-0.39, 0.29) is 28.0 Å². The van der Waals surface area contributed by atoms with Crippen LogP contribution >= 0.6 is 11.6 Å². The van der Waals surface area contributed by atoms with Gasteiger partial charge in [0.05, 0.1) is 15.6 Å². The zero-order valence-corrected chi connectivity index (χ0v) is 10.2. The van der Waals surface area contributed by atoms with E-state index in [1.807, 2.05) is 0 Å². The van der Waals surface area contributed by atoms with Crippen molar-refractivity contribution in [2.24, 2.45) is 0 Å². The topological polar surface area (TPSA) is 94.1 Å². The van der Waals surface area contributed by atoms with Crippen molar-refractivity contribution in [2.45, 2.75) is 0 Å². The Morgan fingerprint density at radius 2 is 2.11 bits per heavy atom. The van der Waals surface area contributed by atoms with Crippen LogP contribution in [0.15, 0.2) is 30.3 Å². The lowest BCUT2D eigenvalue weighted by atomic mass is 10.3. The van der Waals surface area contributed by atoms with Gasteiger partial charge in [-0.3, -0.25) is 10.1 Å². The summed E-state index contributed by atoms with van der Waals surface area (Å²) in [5, 5.41) is 13.3. The third kappa shape index (κ3) is 2.71. The van der Waals surface area contributed by atoms with Crippen molar-refractivity contribution in [2.75, 3.05) is 11.1 Å². The third-order valence-corrected chi connectivity index (χ3v) is 2.59. The normalized spacial score (nSPS) is 10.2. The predicted octanol–water partition coefficient (Wildman–Crippen LogP) is 3.11. The molecule has 0 unspecified atom stereocenters. The summed E-state index contributed by atoms with van der Waals surface area (Å²) in [5.41, 5.74) is 5.12. The Bertz CT molecular complexity index is 651. The number of aromatic nitrogens is 1. The zero-order valence-electron chi connectivity index (χ0n) is 9.43. The lowest BCUT2D eigenvalue weighted by Crippen LogP contribution is -2.03. The van der Waals surface area contributed by atoms with E-state index in [1.54, 1.807) is 0 Å². The number of halogens is 2. The van der Waals surface area contributed by atoms with Crippen molar-refractivity contribution < 1.29 is 9.31 Å². The molecular formula is C11H8ClFN4O2. The van der Waals surface area contributed by atoms with Crippen molar-refractivity contribution >= 4 is 34.6 Å². The Balaban J connectivity index is 2.45. The fourth-order valence-electron chi connectivity index (χ4n) is 1.43. The summed E-state index contributed by atoms with van der Waals surface area (Å²) >= 11 is 5.62. The van der Waals surface area contributed by atoms with Crippen LogP contribution in [0.25, 0.3) is 0 Å². The van der Waals surface area contributed by atoms with Gasteiger partial charge in [-0.05, 0) is 18.2 Å². The van der Waals surface area contributed by atoms with E-state index in [0.717, 1.165) is 0 Å². The molecule has 0 bridgehead atoms. The SMILES string of the molecule is Nc1ccc([N+](=O)[O-])c(Nc2cccc(Cl)c2F)n1. The third-order valence-electron chi connectivity index (χ3n) is 2.30. The number of benzene rings is 1. The molecule has 0 aliphatic rings. The number of nitrogen functional groups attached to an aromatic ring is 1. The first-order valence-corrected chi connectivity index (χ1v) is 5.49. The van der Waals surface area contributed by atoms with Crippen molar-refractivity contribution in [1.29, 1.82) is 0 Å². The number of rotatable bonds is 3. The summed E-state index contributed by atoms with van der Waals surface area (Å²) in [5.74, 6) is -0.788. The second kappa shape index (κ2) is 5.07. The number of nitro groups is 1. The van der Waals surface area contributed by atoms with E-state index in [0.29, 0.717) is 0 Å². The molecule has 0 aliphatic carbocycles. The van der Waals surface area contributed by atoms with Gasteiger partial charge in [-0.2, -0.15) is 0 Å². The monoisotopic (exact) mass is 282 g/mol. The van der Waals surface area contributed by atoms with Gasteiger partial charge in [0.15, 0.2) is 5.82 Å². The van der Waals surface area contributed by atoms with E-state index >= 15 is 0 Å². The highest BCUT2D eigenvalue weighted by Crippen LogP contribution is 2.29. The van der Waals surface area contributed by atoms with Crippen LogP contribution in [0.1, 0.15) is 0 Å². The van der Waals surface area contributed by atoms with Gasteiger partial charge in [0.2, 0.25) is 5.82 Å². The number of nitrogens with one attached hydrogen (secondary N) is 1. The lowest BCUT2D eigenvalue weighted by molar-refractivity contribution is -0.384. The molecule has 0 spiro atoms. The molecule has 0 atom stereocenters. The second-order valence-corrected chi connectivity index (χ2v) is 3.99. The molecule has 1 aromatic carbocycles. The number of nitrogens with two attached hydrogens (primary N) is 1. The van der Waals surface area contributed by atoms with Crippen LogP contribution in [0.4, 0.5) is 27.4 Å². The molecule has 0 amide bonds. The van der Waals surface area contributed by atoms with E-state index in [1.165, 1.54) is 30.3 Å². The van der Waals surface area contributed by atoms with Gasteiger partial charge in [0, 0.05) is 6.07 Å². The van der Waals surface area contributed by atoms with Crippen LogP contribution in [-0.2, 0) is 0 Å². The molecule has 1 aromatic heterocycles. The molecule has 0 saturated carbocycles. The Kier molecular flexibility index (Phi) is 3.48. The van der Waals surface area contributed by atoms with Crippen LogP contribution < -0.4 is 11.1 Å². The number of hydrogen-bond acceptors (Lipinski definition) is 5. The van der Waals surface area contributed by atoms with Crippen molar-refractivity contribution in [3.8, 4) is 0 Å². The first kappa shape index (κ1) is 13.0. The highest BCUT2D eigenvalue weighted by Gasteiger charge is 2.17. The van der Waals surface area contributed by atoms with Crippen LogP contribution in [0.3, 0.4) is 0 Å². The molecule has 3 N–H and O–H groups in total. The maximum absolute atomic E-state index is 13.7. The van der Waals surface area contributed by atoms with Crippen molar-refractivity contribution in [3.05, 3.63) is 51.3 Å². The largest absolute Gasteiger partial charge is 0.384 e. The molecule has 0 radical (unpaired) electrons. The molecular weight excluding hydrogens is 275 g/mol. The predicted molar refractivity (Wildman–Crippen MR) is 70.0 cm³/mol.